The molecule has 0 fully saturated rings. The second-order valence-corrected chi connectivity index (χ2v) is 11.4. The molecule has 41 heavy (non-hydrogen) atoms. The highest BCUT2D eigenvalue weighted by Gasteiger charge is 2.08. The van der Waals surface area contributed by atoms with Gasteiger partial charge in [0.2, 0.25) is 11.3 Å². The largest absolute Gasteiger partial charge is 0.481 e. The van der Waals surface area contributed by atoms with Crippen LogP contribution in [0, 0.1) is 0 Å². The number of hydrogen-bond acceptors (Lipinski definition) is 4. The van der Waals surface area contributed by atoms with Crippen LogP contribution in [0.4, 0.5) is 0 Å². The third kappa shape index (κ3) is 12.5. The van der Waals surface area contributed by atoms with Gasteiger partial charge in [0.1, 0.15) is 11.2 Å². The van der Waals surface area contributed by atoms with E-state index in [9.17, 15) is 14.4 Å². The minimum absolute atomic E-state index is 0.0483. The Morgan fingerprint density at radius 2 is 1.20 bits per heavy atom. The molecule has 0 spiro atoms. The van der Waals surface area contributed by atoms with E-state index < -0.39 is 5.97 Å². The van der Waals surface area contributed by atoms with E-state index in [1.54, 1.807) is 0 Å². The summed E-state index contributed by atoms with van der Waals surface area (Å²) in [6.07, 6.45) is 19.9. The molecule has 0 saturated heterocycles. The average molecular weight is 564 g/mol. The second kappa shape index (κ2) is 19.1. The number of nitrogens with one attached hydrogen (secondary N) is 1. The fraction of sp³-hybridized carbons (Fsp3) is 0.571. The number of unbranched alkanes of at least 4 members (excludes halogenated alkanes) is 14. The summed E-state index contributed by atoms with van der Waals surface area (Å²) < 4.78 is 5.91. The van der Waals surface area contributed by atoms with Crippen LogP contribution in [0.25, 0.3) is 21.9 Å². The Bertz CT molecular complexity index is 1260. The van der Waals surface area contributed by atoms with Crippen LogP contribution in [-0.2, 0) is 16.0 Å². The molecule has 0 aliphatic carbocycles. The topological polar surface area (TPSA) is 96.6 Å². The number of amides is 1. The summed E-state index contributed by atoms with van der Waals surface area (Å²) in [4.78, 5) is 35.3. The molecule has 0 aliphatic rings. The fourth-order valence-electron chi connectivity index (χ4n) is 5.46. The molecule has 6 heteroatoms. The van der Waals surface area contributed by atoms with Crippen LogP contribution in [0.15, 0.2) is 51.7 Å². The summed E-state index contributed by atoms with van der Waals surface area (Å²) in [5.74, 6) is -0.514. The normalized spacial score (nSPS) is 11.3. The monoisotopic (exact) mass is 563 g/mol. The van der Waals surface area contributed by atoms with Gasteiger partial charge in [0.25, 0.3) is 0 Å². The van der Waals surface area contributed by atoms with Gasteiger partial charge in [0, 0.05) is 19.4 Å². The zero-order chi connectivity index (χ0) is 29.1. The zero-order valence-corrected chi connectivity index (χ0v) is 24.8. The van der Waals surface area contributed by atoms with Gasteiger partial charge in [-0.05, 0) is 61.9 Å². The van der Waals surface area contributed by atoms with E-state index in [1.807, 2.05) is 36.4 Å². The average Bonchev–Trinajstić information content (AvgIpc) is 2.97. The van der Waals surface area contributed by atoms with Crippen molar-refractivity contribution in [3.63, 3.8) is 0 Å². The van der Waals surface area contributed by atoms with Gasteiger partial charge in [-0.25, -0.2) is 0 Å². The molecule has 3 rings (SSSR count). The maximum atomic E-state index is 12.8. The first-order valence-electron chi connectivity index (χ1n) is 16.0. The molecule has 6 nitrogen and oxygen atoms in total. The SMILES string of the molecule is O=C(O)CCCCCCCCCCNC(=O)CCCCCCCCCCc1ccc2oc3ccccc3c(=O)c2c1. The first kappa shape index (κ1) is 32.4. The molecule has 2 aromatic carbocycles. The Morgan fingerprint density at radius 3 is 1.88 bits per heavy atom. The number of aliphatic carboxylic acids is 1. The van der Waals surface area contributed by atoms with Crippen molar-refractivity contribution in [3.05, 3.63) is 58.3 Å². The van der Waals surface area contributed by atoms with E-state index in [0.717, 1.165) is 64.3 Å². The van der Waals surface area contributed by atoms with Crippen LogP contribution in [0.2, 0.25) is 0 Å². The molecular weight excluding hydrogens is 514 g/mol. The molecule has 1 amide bonds. The third-order valence-corrected chi connectivity index (χ3v) is 7.90. The molecule has 0 unspecified atom stereocenters. The van der Waals surface area contributed by atoms with Gasteiger partial charge in [-0.1, -0.05) is 95.2 Å². The number of benzene rings is 2. The Hall–Kier alpha value is -3.15. The van der Waals surface area contributed by atoms with E-state index in [4.69, 9.17) is 9.52 Å². The Morgan fingerprint density at radius 1 is 0.634 bits per heavy atom. The molecule has 1 aromatic heterocycles. The van der Waals surface area contributed by atoms with Crippen LogP contribution < -0.4 is 10.7 Å². The number of para-hydroxylation sites is 1. The van der Waals surface area contributed by atoms with Crippen LogP contribution in [0.3, 0.4) is 0 Å². The van der Waals surface area contributed by atoms with E-state index >= 15 is 0 Å². The molecule has 0 atom stereocenters. The summed E-state index contributed by atoms with van der Waals surface area (Å²) >= 11 is 0. The standard InChI is InChI=1S/C35H49NO5/c37-33(36-26-18-12-8-4-3-7-11-15-23-34(38)39)22-14-10-6-2-1-5-9-13-19-28-24-25-32-30(27-28)35(40)29-20-16-17-21-31(29)41-32/h16-17,20-21,24-25,27H,1-15,18-19,22-23,26H2,(H,36,37)(H,38,39). The van der Waals surface area contributed by atoms with Crippen molar-refractivity contribution in [2.75, 3.05) is 6.54 Å². The molecule has 3 aromatic rings. The molecule has 0 saturated carbocycles. The molecule has 0 aliphatic heterocycles. The van der Waals surface area contributed by atoms with Crippen molar-refractivity contribution in [3.8, 4) is 0 Å². The predicted octanol–water partition coefficient (Wildman–Crippen LogP) is 8.71. The number of carbonyl (C=O) groups is 2. The maximum Gasteiger partial charge on any atom is 0.303 e. The van der Waals surface area contributed by atoms with E-state index in [0.29, 0.717) is 28.4 Å². The lowest BCUT2D eigenvalue weighted by Crippen LogP contribution is -2.23. The van der Waals surface area contributed by atoms with Crippen LogP contribution in [-0.4, -0.2) is 23.5 Å². The first-order chi connectivity index (χ1) is 20.0. The summed E-state index contributed by atoms with van der Waals surface area (Å²) in [6, 6.07) is 13.4. The lowest BCUT2D eigenvalue weighted by Gasteiger charge is -2.06. The zero-order valence-electron chi connectivity index (χ0n) is 24.8. The van der Waals surface area contributed by atoms with Gasteiger partial charge in [-0.2, -0.15) is 0 Å². The summed E-state index contributed by atoms with van der Waals surface area (Å²) in [6.45, 7) is 0.779. The number of carbonyl (C=O) groups excluding carboxylic acids is 1. The van der Waals surface area contributed by atoms with E-state index in [1.165, 1.54) is 56.9 Å². The van der Waals surface area contributed by atoms with Crippen LogP contribution in [0.5, 0.6) is 0 Å². The Balaban J connectivity index is 1.12. The number of aryl methyl sites for hydroxylation is 1. The quantitative estimate of drug-likeness (QED) is 0.0941. The van der Waals surface area contributed by atoms with Crippen LogP contribution in [0.1, 0.15) is 121 Å². The molecule has 1 heterocycles. The first-order valence-corrected chi connectivity index (χ1v) is 16.0. The molecule has 224 valence electrons. The minimum atomic E-state index is -0.697. The van der Waals surface area contributed by atoms with Gasteiger partial charge in [0.05, 0.1) is 10.8 Å². The highest BCUT2D eigenvalue weighted by Crippen LogP contribution is 2.21. The minimum Gasteiger partial charge on any atom is -0.481 e. The van der Waals surface area contributed by atoms with E-state index in [2.05, 4.69) is 11.4 Å². The van der Waals surface area contributed by atoms with Crippen molar-refractivity contribution < 1.29 is 19.1 Å². The Kier molecular flexibility index (Phi) is 15.0. The lowest BCUT2D eigenvalue weighted by atomic mass is 10.0. The van der Waals surface area contributed by atoms with Crippen molar-refractivity contribution in [1.29, 1.82) is 0 Å². The second-order valence-electron chi connectivity index (χ2n) is 11.4. The smallest absolute Gasteiger partial charge is 0.303 e. The highest BCUT2D eigenvalue weighted by atomic mass is 16.4. The number of carboxylic acids is 1. The fourth-order valence-corrected chi connectivity index (χ4v) is 5.46. The lowest BCUT2D eigenvalue weighted by molar-refractivity contribution is -0.137. The molecule has 2 N–H and O–H groups in total. The molecule has 0 radical (unpaired) electrons. The predicted molar refractivity (Wildman–Crippen MR) is 167 cm³/mol. The highest BCUT2D eigenvalue weighted by molar-refractivity contribution is 5.89. The number of hydrogen-bond donors (Lipinski definition) is 2. The maximum absolute atomic E-state index is 12.8. The van der Waals surface area contributed by atoms with Gasteiger partial charge < -0.3 is 14.8 Å². The number of fused-ring (bicyclic) bond motifs is 2. The Labute approximate surface area is 244 Å². The van der Waals surface area contributed by atoms with Gasteiger partial charge in [-0.3, -0.25) is 14.4 Å². The van der Waals surface area contributed by atoms with E-state index in [-0.39, 0.29) is 17.8 Å². The summed E-state index contributed by atoms with van der Waals surface area (Å²) in [5, 5.41) is 13.0. The molecule has 0 bridgehead atoms. The van der Waals surface area contributed by atoms with Crippen molar-refractivity contribution in [1.82, 2.24) is 5.32 Å². The van der Waals surface area contributed by atoms with Gasteiger partial charge in [0.15, 0.2) is 0 Å². The number of rotatable bonds is 22. The van der Waals surface area contributed by atoms with Gasteiger partial charge in [-0.15, -0.1) is 0 Å². The van der Waals surface area contributed by atoms with Gasteiger partial charge >= 0.3 is 5.97 Å². The van der Waals surface area contributed by atoms with Crippen molar-refractivity contribution in [2.24, 2.45) is 0 Å². The summed E-state index contributed by atoms with van der Waals surface area (Å²) in [7, 11) is 0. The number of carboxylic acid groups (broad SMARTS) is 1. The summed E-state index contributed by atoms with van der Waals surface area (Å²) in [5.41, 5.74) is 2.53. The van der Waals surface area contributed by atoms with Crippen molar-refractivity contribution >= 4 is 33.8 Å². The van der Waals surface area contributed by atoms with Crippen molar-refractivity contribution in [2.45, 2.75) is 122 Å². The third-order valence-electron chi connectivity index (χ3n) is 7.90. The molecular formula is C35H49NO5. The van der Waals surface area contributed by atoms with Crippen LogP contribution >= 0.6 is 0 Å².